The number of benzene rings is 4. The molecule has 36 heavy (non-hydrogen) atoms. The van der Waals surface area contributed by atoms with Crippen molar-refractivity contribution in [1.29, 1.82) is 0 Å². The first-order valence-corrected chi connectivity index (χ1v) is 14.2. The molecular formula is C32H30N2OSi. The molecule has 0 fully saturated rings. The molecule has 0 unspecified atom stereocenters. The van der Waals surface area contributed by atoms with Gasteiger partial charge < -0.3 is 4.43 Å². The van der Waals surface area contributed by atoms with Gasteiger partial charge in [0.2, 0.25) is 0 Å². The second-order valence-electron chi connectivity index (χ2n) is 9.93. The fourth-order valence-electron chi connectivity index (χ4n) is 4.87. The number of pyridine rings is 1. The quantitative estimate of drug-likeness (QED) is 0.193. The first kappa shape index (κ1) is 23.7. The Balaban J connectivity index is 1.67. The molecule has 4 heteroatoms. The maximum absolute atomic E-state index is 7.35. The Morgan fingerprint density at radius 3 is 1.86 bits per heavy atom. The van der Waals surface area contributed by atoms with Crippen molar-refractivity contribution in [3.63, 3.8) is 0 Å². The summed E-state index contributed by atoms with van der Waals surface area (Å²) in [6.07, 6.45) is 5.44. The molecule has 0 radical (unpaired) electrons. The molecule has 0 atom stereocenters. The summed E-state index contributed by atoms with van der Waals surface area (Å²) in [5.74, 6) is 0.891. The van der Waals surface area contributed by atoms with Gasteiger partial charge in [0, 0.05) is 29.4 Å². The molecule has 0 aliphatic carbocycles. The summed E-state index contributed by atoms with van der Waals surface area (Å²) < 4.78 is 7.35. The zero-order valence-corrected chi connectivity index (χ0v) is 21.9. The van der Waals surface area contributed by atoms with Crippen LogP contribution in [-0.4, -0.2) is 19.5 Å². The predicted octanol–water partition coefficient (Wildman–Crippen LogP) is 6.92. The molecule has 0 amide bonds. The topological polar surface area (TPSA) is 34.5 Å². The fraction of sp³-hybridized carbons (Fsp3) is 0.125. The molecule has 4 aromatic carbocycles. The van der Waals surface area contributed by atoms with Gasteiger partial charge in [0.15, 0.2) is 0 Å². The molecule has 3 nitrogen and oxygen atoms in total. The Labute approximate surface area is 214 Å². The molecule has 5 rings (SSSR count). The number of aromatic nitrogens is 1. The lowest BCUT2D eigenvalue weighted by atomic mass is 10.1. The SMILES string of the molecule is CC(C)(C)[Si](Oc1cccc2c(/N=C/c3ccncc3)cccc12)(c1ccccc1)c1ccccc1. The zero-order valence-electron chi connectivity index (χ0n) is 20.9. The number of aliphatic imine (C=N–C) groups is 1. The van der Waals surface area contributed by atoms with Crippen LogP contribution in [0.5, 0.6) is 5.75 Å². The van der Waals surface area contributed by atoms with Crippen LogP contribution in [0.4, 0.5) is 5.69 Å². The first-order chi connectivity index (χ1) is 17.5. The summed E-state index contributed by atoms with van der Waals surface area (Å²) in [4.78, 5) is 8.90. The summed E-state index contributed by atoms with van der Waals surface area (Å²) >= 11 is 0. The third kappa shape index (κ3) is 4.48. The Bertz CT molecular complexity index is 1440. The van der Waals surface area contributed by atoms with Crippen LogP contribution in [0, 0.1) is 0 Å². The largest absolute Gasteiger partial charge is 0.534 e. The molecule has 0 saturated heterocycles. The highest BCUT2D eigenvalue weighted by Gasteiger charge is 2.52. The van der Waals surface area contributed by atoms with Crippen molar-refractivity contribution in [3.05, 3.63) is 127 Å². The average molecular weight is 487 g/mol. The standard InChI is InChI=1S/C32H30N2OSi/c1-32(2,3)36(26-12-6-4-7-13-26,27-14-8-5-9-15-27)35-31-19-11-16-28-29(31)17-10-18-30(28)34-24-25-20-22-33-23-21-25/h4-24H,1-3H3/b34-24+. The lowest BCUT2D eigenvalue weighted by Gasteiger charge is -2.43. The van der Waals surface area contributed by atoms with Gasteiger partial charge in [-0.25, -0.2) is 0 Å². The van der Waals surface area contributed by atoms with Crippen molar-refractivity contribution in [2.24, 2.45) is 4.99 Å². The molecule has 1 heterocycles. The lowest BCUT2D eigenvalue weighted by Crippen LogP contribution is -2.68. The van der Waals surface area contributed by atoms with Crippen LogP contribution in [0.3, 0.4) is 0 Å². The maximum Gasteiger partial charge on any atom is 0.319 e. The van der Waals surface area contributed by atoms with E-state index in [2.05, 4.69) is 117 Å². The normalized spacial score (nSPS) is 12.2. The Kier molecular flexibility index (Phi) is 6.53. The fourth-order valence-corrected chi connectivity index (χ4v) is 9.31. The van der Waals surface area contributed by atoms with E-state index in [0.29, 0.717) is 0 Å². The van der Waals surface area contributed by atoms with Crippen molar-refractivity contribution in [3.8, 4) is 5.75 Å². The average Bonchev–Trinajstić information content (AvgIpc) is 2.91. The number of rotatable bonds is 6. The Morgan fingerprint density at radius 1 is 0.667 bits per heavy atom. The highest BCUT2D eigenvalue weighted by Crippen LogP contribution is 2.40. The minimum Gasteiger partial charge on any atom is -0.534 e. The van der Waals surface area contributed by atoms with Crippen LogP contribution < -0.4 is 14.8 Å². The molecule has 0 bridgehead atoms. The summed E-state index contributed by atoms with van der Waals surface area (Å²) in [7, 11) is -2.74. The first-order valence-electron chi connectivity index (χ1n) is 12.2. The third-order valence-corrected chi connectivity index (χ3v) is 11.5. The second-order valence-corrected chi connectivity index (χ2v) is 14.2. The van der Waals surface area contributed by atoms with Crippen molar-refractivity contribution < 1.29 is 4.43 Å². The number of hydrogen-bond donors (Lipinski definition) is 0. The highest BCUT2D eigenvalue weighted by molar-refractivity contribution is 7.00. The van der Waals surface area contributed by atoms with E-state index < -0.39 is 8.32 Å². The van der Waals surface area contributed by atoms with Gasteiger partial charge in [0.25, 0.3) is 0 Å². The van der Waals surface area contributed by atoms with Gasteiger partial charge in [-0.1, -0.05) is 106 Å². The van der Waals surface area contributed by atoms with E-state index >= 15 is 0 Å². The van der Waals surface area contributed by atoms with Crippen molar-refractivity contribution in [2.45, 2.75) is 25.8 Å². The number of nitrogens with zero attached hydrogens (tertiary/aromatic N) is 2. The zero-order chi connectivity index (χ0) is 25.0. The maximum atomic E-state index is 7.35. The van der Waals surface area contributed by atoms with Gasteiger partial charge in [0.05, 0.1) is 5.69 Å². The van der Waals surface area contributed by atoms with Crippen molar-refractivity contribution in [1.82, 2.24) is 4.98 Å². The molecular weight excluding hydrogens is 456 g/mol. The number of hydrogen-bond acceptors (Lipinski definition) is 3. The van der Waals surface area contributed by atoms with Crippen LogP contribution in [0.15, 0.2) is 127 Å². The summed E-state index contributed by atoms with van der Waals surface area (Å²) in [6, 6.07) is 37.9. The molecule has 1 aromatic heterocycles. The van der Waals surface area contributed by atoms with Crippen molar-refractivity contribution in [2.75, 3.05) is 0 Å². The van der Waals surface area contributed by atoms with Gasteiger partial charge in [-0.2, -0.15) is 0 Å². The second kappa shape index (κ2) is 9.92. The van der Waals surface area contributed by atoms with Gasteiger partial charge in [-0.05, 0) is 45.2 Å². The van der Waals surface area contributed by atoms with Crippen LogP contribution in [0.1, 0.15) is 26.3 Å². The summed E-state index contributed by atoms with van der Waals surface area (Å²) in [5, 5.41) is 4.53. The van der Waals surface area contributed by atoms with Crippen molar-refractivity contribution >= 4 is 41.4 Å². The van der Waals surface area contributed by atoms with E-state index in [-0.39, 0.29) is 5.04 Å². The lowest BCUT2D eigenvalue weighted by molar-refractivity contribution is 0.513. The third-order valence-electron chi connectivity index (χ3n) is 6.60. The Hall–Kier alpha value is -4.02. The molecule has 0 aliphatic rings. The molecule has 0 N–H and O–H groups in total. The van der Waals surface area contributed by atoms with Gasteiger partial charge in [0.1, 0.15) is 5.75 Å². The molecule has 0 aliphatic heterocycles. The number of fused-ring (bicyclic) bond motifs is 1. The molecule has 5 aromatic rings. The Morgan fingerprint density at radius 2 is 1.25 bits per heavy atom. The van der Waals surface area contributed by atoms with Gasteiger partial charge in [-0.15, -0.1) is 0 Å². The molecule has 0 spiro atoms. The van der Waals surface area contributed by atoms with E-state index in [1.165, 1.54) is 10.4 Å². The van der Waals surface area contributed by atoms with E-state index in [9.17, 15) is 0 Å². The predicted molar refractivity (Wildman–Crippen MR) is 154 cm³/mol. The van der Waals surface area contributed by atoms with Crippen LogP contribution >= 0.6 is 0 Å². The van der Waals surface area contributed by atoms with E-state index in [4.69, 9.17) is 9.42 Å². The van der Waals surface area contributed by atoms with E-state index in [0.717, 1.165) is 27.8 Å². The minimum absolute atomic E-state index is 0.116. The van der Waals surface area contributed by atoms with Gasteiger partial charge in [-0.3, -0.25) is 9.98 Å². The van der Waals surface area contributed by atoms with Gasteiger partial charge >= 0.3 is 8.32 Å². The highest BCUT2D eigenvalue weighted by atomic mass is 28.4. The van der Waals surface area contributed by atoms with E-state index in [1.807, 2.05) is 24.4 Å². The summed E-state index contributed by atoms with van der Waals surface area (Å²) in [5.41, 5.74) is 1.93. The smallest absolute Gasteiger partial charge is 0.319 e. The van der Waals surface area contributed by atoms with Crippen LogP contribution in [-0.2, 0) is 0 Å². The monoisotopic (exact) mass is 486 g/mol. The minimum atomic E-state index is -2.74. The van der Waals surface area contributed by atoms with Crippen LogP contribution in [0.25, 0.3) is 10.8 Å². The molecule has 0 saturated carbocycles. The summed E-state index contributed by atoms with van der Waals surface area (Å²) in [6.45, 7) is 6.90. The van der Waals surface area contributed by atoms with Crippen LogP contribution in [0.2, 0.25) is 5.04 Å². The van der Waals surface area contributed by atoms with E-state index in [1.54, 1.807) is 12.4 Å². The molecule has 178 valence electrons.